The van der Waals surface area contributed by atoms with Gasteiger partial charge in [-0.05, 0) is 25.8 Å². The van der Waals surface area contributed by atoms with Gasteiger partial charge in [0.1, 0.15) is 0 Å². The molecule has 2 aromatic heterocycles. The maximum Gasteiger partial charge on any atom is 0.244 e. The molecule has 0 radical (unpaired) electrons. The number of carbonyl (C=O) groups is 1. The van der Waals surface area contributed by atoms with Crippen LogP contribution in [0.2, 0.25) is 5.15 Å². The van der Waals surface area contributed by atoms with E-state index >= 15 is 0 Å². The van der Waals surface area contributed by atoms with Crippen LogP contribution in [0.1, 0.15) is 25.5 Å². The molecule has 0 spiro atoms. The van der Waals surface area contributed by atoms with Gasteiger partial charge in [0.2, 0.25) is 5.91 Å². The van der Waals surface area contributed by atoms with Crippen molar-refractivity contribution in [3.8, 4) is 0 Å². The molecule has 0 saturated heterocycles. The van der Waals surface area contributed by atoms with Crippen LogP contribution in [0.15, 0.2) is 17.7 Å². The minimum atomic E-state index is -0.333. The highest BCUT2D eigenvalue weighted by molar-refractivity contribution is 7.15. The molecule has 2 rings (SSSR count). The van der Waals surface area contributed by atoms with Crippen LogP contribution < -0.4 is 5.32 Å². The molecule has 0 aliphatic carbocycles. The van der Waals surface area contributed by atoms with E-state index in [4.69, 9.17) is 16.7 Å². The lowest BCUT2D eigenvalue weighted by Gasteiger charge is -2.04. The van der Waals surface area contributed by atoms with E-state index in [0.717, 1.165) is 11.4 Å². The molecule has 0 fully saturated rings. The van der Waals surface area contributed by atoms with E-state index in [0.29, 0.717) is 23.8 Å². The fraction of sp³-hybridized carbons (Fsp3) is 0.385. The van der Waals surface area contributed by atoms with Crippen molar-refractivity contribution in [2.45, 2.75) is 25.9 Å². The first-order valence-corrected chi connectivity index (χ1v) is 7.58. The molecule has 7 heteroatoms. The van der Waals surface area contributed by atoms with E-state index in [1.54, 1.807) is 13.0 Å². The van der Waals surface area contributed by atoms with Crippen LogP contribution in [0.25, 0.3) is 11.0 Å². The highest BCUT2D eigenvalue weighted by Crippen LogP contribution is 2.22. The van der Waals surface area contributed by atoms with E-state index < -0.39 is 0 Å². The molecule has 2 N–H and O–H groups in total. The van der Waals surface area contributed by atoms with Gasteiger partial charge in [0.25, 0.3) is 0 Å². The van der Waals surface area contributed by atoms with Crippen molar-refractivity contribution in [1.82, 2.24) is 14.7 Å². The number of aliphatic hydroxyl groups is 1. The maximum absolute atomic E-state index is 11.6. The minimum Gasteiger partial charge on any atom is -0.393 e. The Morgan fingerprint density at radius 3 is 3.25 bits per heavy atom. The molecule has 0 saturated carbocycles. The molecule has 0 aliphatic rings. The summed E-state index contributed by atoms with van der Waals surface area (Å²) in [5.41, 5.74) is 0.696. The summed E-state index contributed by atoms with van der Waals surface area (Å²) in [6.07, 6.45) is 6.04. The first-order valence-electron chi connectivity index (χ1n) is 6.33. The molecule has 0 aromatic carbocycles. The third-order valence-corrected chi connectivity index (χ3v) is 3.78. The van der Waals surface area contributed by atoms with Crippen molar-refractivity contribution >= 4 is 39.9 Å². The van der Waals surface area contributed by atoms with Gasteiger partial charge in [-0.25, -0.2) is 4.98 Å². The van der Waals surface area contributed by atoms with Gasteiger partial charge in [0, 0.05) is 24.2 Å². The van der Waals surface area contributed by atoms with Crippen LogP contribution in [-0.4, -0.2) is 33.0 Å². The van der Waals surface area contributed by atoms with Gasteiger partial charge in [-0.3, -0.25) is 9.20 Å². The van der Waals surface area contributed by atoms with E-state index in [1.165, 1.54) is 17.4 Å². The van der Waals surface area contributed by atoms with Crippen LogP contribution in [0.3, 0.4) is 0 Å². The zero-order valence-electron chi connectivity index (χ0n) is 11.0. The second kappa shape index (κ2) is 6.88. The SMILES string of the molecule is CC(O)CCCNC(=O)/C=C/c1c(Cl)nc2sccn12. The number of imidazole rings is 1. The number of aromatic nitrogens is 2. The number of aliphatic hydroxyl groups excluding tert-OH is 1. The predicted octanol–water partition coefficient (Wildman–Crippen LogP) is 2.34. The Hall–Kier alpha value is -1.37. The Kier molecular flexibility index (Phi) is 5.17. The molecule has 1 amide bonds. The number of hydrogen-bond acceptors (Lipinski definition) is 4. The molecule has 1 atom stereocenters. The summed E-state index contributed by atoms with van der Waals surface area (Å²) in [6, 6.07) is 0. The van der Waals surface area contributed by atoms with Gasteiger partial charge in [0.15, 0.2) is 10.1 Å². The molecule has 108 valence electrons. The van der Waals surface area contributed by atoms with E-state index in [1.807, 2.05) is 16.0 Å². The summed E-state index contributed by atoms with van der Waals surface area (Å²) in [6.45, 7) is 2.28. The van der Waals surface area contributed by atoms with Gasteiger partial charge >= 0.3 is 0 Å². The first-order chi connectivity index (χ1) is 9.58. The second-order valence-electron chi connectivity index (χ2n) is 4.46. The lowest BCUT2D eigenvalue weighted by molar-refractivity contribution is -0.116. The van der Waals surface area contributed by atoms with Crippen molar-refractivity contribution < 1.29 is 9.90 Å². The highest BCUT2D eigenvalue weighted by atomic mass is 35.5. The molecule has 5 nitrogen and oxygen atoms in total. The number of nitrogens with one attached hydrogen (secondary N) is 1. The Balaban J connectivity index is 1.90. The molecule has 0 bridgehead atoms. The highest BCUT2D eigenvalue weighted by Gasteiger charge is 2.08. The Morgan fingerprint density at radius 2 is 2.50 bits per heavy atom. The molecular weight excluding hydrogens is 298 g/mol. The average molecular weight is 314 g/mol. The summed E-state index contributed by atoms with van der Waals surface area (Å²) >= 11 is 7.50. The number of amides is 1. The van der Waals surface area contributed by atoms with Crippen molar-refractivity contribution in [1.29, 1.82) is 0 Å². The normalized spacial score (nSPS) is 13.2. The third kappa shape index (κ3) is 3.82. The Labute approximate surface area is 125 Å². The number of fused-ring (bicyclic) bond motifs is 1. The lowest BCUT2D eigenvalue weighted by atomic mass is 10.2. The summed E-state index contributed by atoms with van der Waals surface area (Å²) in [5.74, 6) is -0.183. The van der Waals surface area contributed by atoms with Gasteiger partial charge in [-0.1, -0.05) is 11.6 Å². The monoisotopic (exact) mass is 313 g/mol. The smallest absolute Gasteiger partial charge is 0.244 e. The molecule has 0 aliphatic heterocycles. The third-order valence-electron chi connectivity index (χ3n) is 2.74. The lowest BCUT2D eigenvalue weighted by Crippen LogP contribution is -2.22. The number of hydrogen-bond donors (Lipinski definition) is 2. The molecule has 2 aromatic rings. The fourth-order valence-corrected chi connectivity index (χ4v) is 2.75. The van der Waals surface area contributed by atoms with E-state index in [9.17, 15) is 4.79 Å². The molecule has 1 unspecified atom stereocenters. The van der Waals surface area contributed by atoms with E-state index in [-0.39, 0.29) is 12.0 Å². The van der Waals surface area contributed by atoms with Crippen LogP contribution >= 0.6 is 22.9 Å². The number of nitrogens with zero attached hydrogens (tertiary/aromatic N) is 2. The Morgan fingerprint density at radius 1 is 1.70 bits per heavy atom. The van der Waals surface area contributed by atoms with Crippen LogP contribution in [0.5, 0.6) is 0 Å². The largest absolute Gasteiger partial charge is 0.393 e. The average Bonchev–Trinajstić information content (AvgIpc) is 2.93. The second-order valence-corrected chi connectivity index (χ2v) is 5.69. The zero-order valence-corrected chi connectivity index (χ0v) is 12.6. The number of halogens is 1. The summed E-state index contributed by atoms with van der Waals surface area (Å²) in [5, 5.41) is 14.2. The van der Waals surface area contributed by atoms with Crippen molar-refractivity contribution in [3.05, 3.63) is 28.5 Å². The van der Waals surface area contributed by atoms with Gasteiger partial charge < -0.3 is 10.4 Å². The van der Waals surface area contributed by atoms with Crippen molar-refractivity contribution in [2.24, 2.45) is 0 Å². The van der Waals surface area contributed by atoms with Crippen molar-refractivity contribution in [2.75, 3.05) is 6.54 Å². The topological polar surface area (TPSA) is 66.6 Å². The zero-order chi connectivity index (χ0) is 14.5. The van der Waals surface area contributed by atoms with E-state index in [2.05, 4.69) is 10.3 Å². The fourth-order valence-electron chi connectivity index (χ4n) is 1.75. The summed E-state index contributed by atoms with van der Waals surface area (Å²) in [7, 11) is 0. The van der Waals surface area contributed by atoms with Gasteiger partial charge in [-0.2, -0.15) is 0 Å². The molecule has 2 heterocycles. The predicted molar refractivity (Wildman–Crippen MR) is 81.0 cm³/mol. The summed E-state index contributed by atoms with van der Waals surface area (Å²) < 4.78 is 1.84. The number of thiazole rings is 1. The molecular formula is C13H16ClN3O2S. The quantitative estimate of drug-likeness (QED) is 0.635. The van der Waals surface area contributed by atoms with Crippen LogP contribution in [0.4, 0.5) is 0 Å². The number of carbonyl (C=O) groups excluding carboxylic acids is 1. The Bertz CT molecular complexity index is 618. The van der Waals surface area contributed by atoms with Gasteiger partial charge in [0.05, 0.1) is 11.8 Å². The summed E-state index contributed by atoms with van der Waals surface area (Å²) in [4.78, 5) is 16.6. The minimum absolute atomic E-state index is 0.183. The van der Waals surface area contributed by atoms with Crippen LogP contribution in [-0.2, 0) is 4.79 Å². The number of rotatable bonds is 6. The molecule has 20 heavy (non-hydrogen) atoms. The first kappa shape index (κ1) is 15.0. The van der Waals surface area contributed by atoms with Crippen LogP contribution in [0, 0.1) is 0 Å². The van der Waals surface area contributed by atoms with Crippen molar-refractivity contribution in [3.63, 3.8) is 0 Å². The van der Waals surface area contributed by atoms with Gasteiger partial charge in [-0.15, -0.1) is 11.3 Å². The maximum atomic E-state index is 11.6. The standard InChI is InChI=1S/C13H16ClN3O2S/c1-9(18)3-2-6-15-11(19)5-4-10-12(14)16-13-17(10)7-8-20-13/h4-5,7-9,18H,2-3,6H2,1H3,(H,15,19)/b5-4+.